The number of hydrogen-bond donors (Lipinski definition) is 2. The zero-order chi connectivity index (χ0) is 15.2. The second-order valence-electron chi connectivity index (χ2n) is 4.19. The number of halogens is 1. The van der Waals surface area contributed by atoms with Crippen LogP contribution < -0.4 is 5.32 Å². The molecule has 6 heteroatoms. The largest absolute Gasteiger partial charge is 0.478 e. The Bertz CT molecular complexity index is 658. The molecule has 0 saturated heterocycles. The van der Waals surface area contributed by atoms with Gasteiger partial charge >= 0.3 is 12.1 Å². The van der Waals surface area contributed by atoms with Crippen LogP contribution in [0.1, 0.15) is 15.9 Å². The molecule has 2 rings (SSSR count). The number of carboxylic acid groups (broad SMARTS) is 1. The Kier molecular flexibility index (Phi) is 4.79. The molecule has 0 aliphatic carbocycles. The molecule has 0 bridgehead atoms. The molecule has 0 heterocycles. The molecule has 0 aliphatic rings. The van der Waals surface area contributed by atoms with E-state index in [1.165, 1.54) is 18.2 Å². The van der Waals surface area contributed by atoms with E-state index in [9.17, 15) is 9.59 Å². The predicted molar refractivity (Wildman–Crippen MR) is 78.7 cm³/mol. The molecule has 5 nitrogen and oxygen atoms in total. The van der Waals surface area contributed by atoms with E-state index in [0.29, 0.717) is 5.69 Å². The second-order valence-corrected chi connectivity index (χ2v) is 4.59. The fourth-order valence-corrected chi connectivity index (χ4v) is 1.85. The van der Waals surface area contributed by atoms with Crippen LogP contribution in [0.4, 0.5) is 10.5 Å². The smallest absolute Gasteiger partial charge is 0.412 e. The SMILES string of the molecule is O=C(Nc1ccc(C(=O)O)cc1Cl)OCc1ccccc1. The number of hydrogen-bond acceptors (Lipinski definition) is 3. The fourth-order valence-electron chi connectivity index (χ4n) is 1.62. The van der Waals surface area contributed by atoms with E-state index in [1.54, 1.807) is 0 Å². The molecule has 0 saturated carbocycles. The quantitative estimate of drug-likeness (QED) is 0.901. The van der Waals surface area contributed by atoms with Crippen LogP contribution in [0, 0.1) is 0 Å². The minimum Gasteiger partial charge on any atom is -0.478 e. The van der Waals surface area contributed by atoms with Crippen molar-refractivity contribution < 1.29 is 19.4 Å². The van der Waals surface area contributed by atoms with Crippen LogP contribution in [0.25, 0.3) is 0 Å². The van der Waals surface area contributed by atoms with Gasteiger partial charge in [-0.25, -0.2) is 9.59 Å². The Morgan fingerprint density at radius 3 is 2.48 bits per heavy atom. The standard InChI is InChI=1S/C15H12ClNO4/c16-12-8-11(14(18)19)6-7-13(12)17-15(20)21-9-10-4-2-1-3-5-10/h1-8H,9H2,(H,17,20)(H,18,19). The van der Waals surface area contributed by atoms with Crippen LogP contribution in [-0.2, 0) is 11.3 Å². The first-order valence-corrected chi connectivity index (χ1v) is 6.44. The molecule has 0 atom stereocenters. The number of ether oxygens (including phenoxy) is 1. The molecule has 0 unspecified atom stereocenters. The van der Waals surface area contributed by atoms with Gasteiger partial charge in [0.2, 0.25) is 0 Å². The molecule has 21 heavy (non-hydrogen) atoms. The second kappa shape index (κ2) is 6.76. The number of carbonyl (C=O) groups is 2. The molecule has 2 aromatic rings. The van der Waals surface area contributed by atoms with Crippen molar-refractivity contribution in [2.45, 2.75) is 6.61 Å². The Labute approximate surface area is 126 Å². The van der Waals surface area contributed by atoms with Crippen LogP contribution in [0.2, 0.25) is 5.02 Å². The van der Waals surface area contributed by atoms with Gasteiger partial charge in [0, 0.05) is 0 Å². The molecule has 2 aromatic carbocycles. The van der Waals surface area contributed by atoms with Crippen LogP contribution in [-0.4, -0.2) is 17.2 Å². The van der Waals surface area contributed by atoms with Crippen LogP contribution in [0.3, 0.4) is 0 Å². The van der Waals surface area contributed by atoms with Gasteiger partial charge in [-0.05, 0) is 23.8 Å². The maximum absolute atomic E-state index is 11.6. The van der Waals surface area contributed by atoms with Gasteiger partial charge in [0.1, 0.15) is 6.61 Å². The first-order valence-electron chi connectivity index (χ1n) is 6.07. The number of aromatic carboxylic acids is 1. The summed E-state index contributed by atoms with van der Waals surface area (Å²) in [6.07, 6.45) is -0.663. The summed E-state index contributed by atoms with van der Waals surface area (Å²) < 4.78 is 5.04. The predicted octanol–water partition coefficient (Wildman–Crippen LogP) is 3.79. The molecule has 0 aromatic heterocycles. The summed E-state index contributed by atoms with van der Waals surface area (Å²) in [7, 11) is 0. The average Bonchev–Trinajstić information content (AvgIpc) is 2.48. The van der Waals surface area contributed by atoms with Gasteiger partial charge in [-0.15, -0.1) is 0 Å². The summed E-state index contributed by atoms with van der Waals surface area (Å²) in [6.45, 7) is 0.136. The summed E-state index contributed by atoms with van der Waals surface area (Å²) >= 11 is 5.90. The Morgan fingerprint density at radius 1 is 1.14 bits per heavy atom. The number of amides is 1. The zero-order valence-electron chi connectivity index (χ0n) is 10.9. The van der Waals surface area contributed by atoms with Crippen molar-refractivity contribution in [3.8, 4) is 0 Å². The molecule has 0 aliphatic heterocycles. The monoisotopic (exact) mass is 305 g/mol. The molecule has 0 radical (unpaired) electrons. The van der Waals surface area contributed by atoms with Crippen molar-refractivity contribution in [3.05, 3.63) is 64.7 Å². The number of rotatable bonds is 4. The lowest BCUT2D eigenvalue weighted by Gasteiger charge is -2.09. The van der Waals surface area contributed by atoms with Crippen molar-refractivity contribution in [1.82, 2.24) is 0 Å². The van der Waals surface area contributed by atoms with Gasteiger partial charge in [-0.3, -0.25) is 5.32 Å². The fraction of sp³-hybridized carbons (Fsp3) is 0.0667. The lowest BCUT2D eigenvalue weighted by molar-refractivity contribution is 0.0697. The Hall–Kier alpha value is -2.53. The van der Waals surface area contributed by atoms with Crippen molar-refractivity contribution in [2.24, 2.45) is 0 Å². The molecule has 2 N–H and O–H groups in total. The van der Waals surface area contributed by atoms with Crippen molar-refractivity contribution in [3.63, 3.8) is 0 Å². The average molecular weight is 306 g/mol. The summed E-state index contributed by atoms with van der Waals surface area (Å²) in [4.78, 5) is 22.4. The van der Waals surface area contributed by atoms with E-state index in [-0.39, 0.29) is 17.2 Å². The van der Waals surface area contributed by atoms with Gasteiger partial charge in [-0.2, -0.15) is 0 Å². The first-order chi connectivity index (χ1) is 10.1. The van der Waals surface area contributed by atoms with Crippen molar-refractivity contribution >= 4 is 29.4 Å². The summed E-state index contributed by atoms with van der Waals surface area (Å²) in [5, 5.41) is 11.4. The summed E-state index contributed by atoms with van der Waals surface area (Å²) in [5.74, 6) is -1.09. The van der Waals surface area contributed by atoms with Crippen LogP contribution >= 0.6 is 11.6 Å². The van der Waals surface area contributed by atoms with E-state index in [1.807, 2.05) is 30.3 Å². The van der Waals surface area contributed by atoms with Gasteiger partial charge in [0.05, 0.1) is 16.3 Å². The molecule has 1 amide bonds. The number of benzene rings is 2. The summed E-state index contributed by atoms with van der Waals surface area (Å²) in [6, 6.07) is 13.3. The van der Waals surface area contributed by atoms with Gasteiger partial charge in [0.15, 0.2) is 0 Å². The minimum atomic E-state index is -1.09. The van der Waals surface area contributed by atoms with Crippen LogP contribution in [0.5, 0.6) is 0 Å². The van der Waals surface area contributed by atoms with E-state index in [4.69, 9.17) is 21.4 Å². The third kappa shape index (κ3) is 4.22. The van der Waals surface area contributed by atoms with E-state index >= 15 is 0 Å². The molecule has 0 fully saturated rings. The van der Waals surface area contributed by atoms with Gasteiger partial charge in [0.25, 0.3) is 0 Å². The van der Waals surface area contributed by atoms with Gasteiger partial charge < -0.3 is 9.84 Å². The van der Waals surface area contributed by atoms with Crippen LogP contribution in [0.15, 0.2) is 48.5 Å². The third-order valence-corrected chi connectivity index (χ3v) is 2.98. The highest BCUT2D eigenvalue weighted by Crippen LogP contribution is 2.23. The number of carbonyl (C=O) groups excluding carboxylic acids is 1. The molecular weight excluding hydrogens is 294 g/mol. The van der Waals surface area contributed by atoms with E-state index < -0.39 is 12.1 Å². The highest BCUT2D eigenvalue weighted by Gasteiger charge is 2.10. The summed E-state index contributed by atoms with van der Waals surface area (Å²) in [5.41, 5.74) is 1.20. The number of carboxylic acids is 1. The molecular formula is C15H12ClNO4. The van der Waals surface area contributed by atoms with E-state index in [2.05, 4.69) is 5.32 Å². The minimum absolute atomic E-state index is 0.0446. The first kappa shape index (κ1) is 14.9. The van der Waals surface area contributed by atoms with Gasteiger partial charge in [-0.1, -0.05) is 41.9 Å². The number of nitrogens with one attached hydrogen (secondary N) is 1. The highest BCUT2D eigenvalue weighted by atomic mass is 35.5. The lowest BCUT2D eigenvalue weighted by Crippen LogP contribution is -2.14. The third-order valence-electron chi connectivity index (χ3n) is 2.67. The maximum atomic E-state index is 11.6. The molecule has 108 valence electrons. The Morgan fingerprint density at radius 2 is 1.86 bits per heavy atom. The maximum Gasteiger partial charge on any atom is 0.412 e. The highest BCUT2D eigenvalue weighted by molar-refractivity contribution is 6.34. The van der Waals surface area contributed by atoms with Crippen molar-refractivity contribution in [2.75, 3.05) is 5.32 Å². The van der Waals surface area contributed by atoms with E-state index in [0.717, 1.165) is 5.56 Å². The topological polar surface area (TPSA) is 75.6 Å². The zero-order valence-corrected chi connectivity index (χ0v) is 11.6. The Balaban J connectivity index is 1.95. The number of anilines is 1. The normalized spacial score (nSPS) is 9.95. The molecule has 0 spiro atoms. The lowest BCUT2D eigenvalue weighted by atomic mass is 10.2. The van der Waals surface area contributed by atoms with Crippen molar-refractivity contribution in [1.29, 1.82) is 0 Å².